The van der Waals surface area contributed by atoms with E-state index in [0.29, 0.717) is 17.4 Å². The van der Waals surface area contributed by atoms with Gasteiger partial charge in [0.05, 0.1) is 16.7 Å². The molecular weight excluding hydrogens is 928 g/mol. The van der Waals surface area contributed by atoms with E-state index in [2.05, 4.69) is 212 Å². The Kier molecular flexibility index (Phi) is 10.6. The van der Waals surface area contributed by atoms with Crippen molar-refractivity contribution in [1.29, 1.82) is 0 Å². The number of rotatable bonds is 8. The molecule has 0 amide bonds. The van der Waals surface area contributed by atoms with Crippen molar-refractivity contribution >= 4 is 32.8 Å². The van der Waals surface area contributed by atoms with E-state index in [1.165, 1.54) is 5.56 Å². The number of nitrogens with zero attached hydrogens (tertiary/aromatic N) is 4. The number of hydrogen-bond donors (Lipinski definition) is 0. The van der Waals surface area contributed by atoms with E-state index in [1.807, 2.05) is 24.4 Å². The first-order valence-electron chi connectivity index (χ1n) is 20.5. The molecule has 5 nitrogen and oxygen atoms in total. The van der Waals surface area contributed by atoms with Crippen LogP contribution in [0.5, 0.6) is 11.5 Å². The van der Waals surface area contributed by atoms with E-state index >= 15 is 0 Å². The number of aryl methyl sites for hydroxylation is 1. The molecule has 302 valence electrons. The van der Waals surface area contributed by atoms with Crippen molar-refractivity contribution < 1.29 is 30.4 Å². The van der Waals surface area contributed by atoms with Crippen molar-refractivity contribution in [2.75, 3.05) is 0 Å². The molecule has 10 rings (SSSR count). The van der Waals surface area contributed by atoms with Crippen molar-refractivity contribution in [1.82, 2.24) is 14.1 Å². The van der Waals surface area contributed by atoms with E-state index in [-0.39, 0.29) is 26.5 Å². The Hall–Kier alpha value is -6.55. The molecular formula is C55H44N4OPt-2. The van der Waals surface area contributed by atoms with E-state index in [0.717, 1.165) is 77.8 Å². The summed E-state index contributed by atoms with van der Waals surface area (Å²) in [5.41, 5.74) is 13.0. The molecule has 0 saturated carbocycles. The van der Waals surface area contributed by atoms with E-state index in [1.54, 1.807) is 0 Å². The van der Waals surface area contributed by atoms with Crippen LogP contribution in [-0.2, 0) is 21.1 Å². The van der Waals surface area contributed by atoms with Gasteiger partial charge in [-0.2, -0.15) is 18.2 Å². The van der Waals surface area contributed by atoms with Gasteiger partial charge in [0, 0.05) is 44.3 Å². The van der Waals surface area contributed by atoms with Crippen LogP contribution in [0.1, 0.15) is 44.7 Å². The molecule has 6 heteroatoms. The van der Waals surface area contributed by atoms with Gasteiger partial charge in [0.2, 0.25) is 0 Å². The molecule has 0 saturated heterocycles. The molecule has 0 aliphatic rings. The summed E-state index contributed by atoms with van der Waals surface area (Å²) in [5, 5.41) is 2.23. The maximum Gasteiger partial charge on any atom is 0.268 e. The van der Waals surface area contributed by atoms with Crippen molar-refractivity contribution in [2.24, 2.45) is 5.41 Å². The van der Waals surface area contributed by atoms with Gasteiger partial charge in [0.15, 0.2) is 0 Å². The Morgan fingerprint density at radius 3 is 2.00 bits per heavy atom. The fraction of sp³-hybridized carbons (Fsp3) is 0.127. The summed E-state index contributed by atoms with van der Waals surface area (Å²) < 4.78 is 13.2. The van der Waals surface area contributed by atoms with Gasteiger partial charge in [0.25, 0.3) is 6.33 Å². The molecule has 0 spiro atoms. The SMILES string of the molecule is Cc1cccc2c1[n+](-c1c(-c3ccccc3)cccc1-c1ccccc1)[c-]n2-c1[c-]c(Oc2[c-]c3c(cc2)c2ccccc2n3-c2cc(C(C)C(C)(C)C)ccn2)ccc1.[Pt]. The molecule has 0 bridgehead atoms. The van der Waals surface area contributed by atoms with Gasteiger partial charge in [0.1, 0.15) is 5.82 Å². The minimum absolute atomic E-state index is 0. The summed E-state index contributed by atoms with van der Waals surface area (Å²) in [7, 11) is 0. The fourth-order valence-corrected chi connectivity index (χ4v) is 8.39. The number of pyridine rings is 1. The molecule has 3 heterocycles. The molecule has 1 unspecified atom stereocenters. The van der Waals surface area contributed by atoms with Crippen LogP contribution in [0.3, 0.4) is 0 Å². The van der Waals surface area contributed by atoms with Gasteiger partial charge >= 0.3 is 0 Å². The number of benzene rings is 7. The van der Waals surface area contributed by atoms with Crippen LogP contribution in [0.15, 0.2) is 170 Å². The van der Waals surface area contributed by atoms with Crippen LogP contribution < -0.4 is 9.30 Å². The van der Waals surface area contributed by atoms with Crippen molar-refractivity contribution in [3.8, 4) is 50.9 Å². The van der Waals surface area contributed by atoms with Crippen LogP contribution in [0.25, 0.3) is 72.3 Å². The minimum Gasteiger partial charge on any atom is -0.510 e. The Balaban J connectivity index is 0.00000476. The summed E-state index contributed by atoms with van der Waals surface area (Å²) in [5.74, 6) is 2.37. The minimum atomic E-state index is 0. The number of hydrogen-bond acceptors (Lipinski definition) is 2. The van der Waals surface area contributed by atoms with Crippen LogP contribution >= 0.6 is 0 Å². The van der Waals surface area contributed by atoms with E-state index in [4.69, 9.17) is 9.72 Å². The number of para-hydroxylation sites is 3. The van der Waals surface area contributed by atoms with Gasteiger partial charge in [-0.25, -0.2) is 4.98 Å². The Labute approximate surface area is 371 Å². The third-order valence-electron chi connectivity index (χ3n) is 11.9. The molecule has 0 radical (unpaired) electrons. The average molecular weight is 972 g/mol. The molecule has 3 aromatic heterocycles. The zero-order valence-electron chi connectivity index (χ0n) is 34.8. The summed E-state index contributed by atoms with van der Waals surface area (Å²) in [6, 6.07) is 64.3. The van der Waals surface area contributed by atoms with E-state index < -0.39 is 0 Å². The second kappa shape index (κ2) is 16.1. The summed E-state index contributed by atoms with van der Waals surface area (Å²) >= 11 is 0. The van der Waals surface area contributed by atoms with Crippen LogP contribution in [0, 0.1) is 30.8 Å². The Bertz CT molecular complexity index is 3140. The summed E-state index contributed by atoms with van der Waals surface area (Å²) in [4.78, 5) is 4.89. The number of imidazole rings is 1. The third kappa shape index (κ3) is 7.28. The number of ether oxygens (including phenoxy) is 1. The van der Waals surface area contributed by atoms with Gasteiger partial charge in [-0.3, -0.25) is 4.57 Å². The van der Waals surface area contributed by atoms with Crippen LogP contribution in [-0.4, -0.2) is 14.1 Å². The molecule has 0 aliphatic carbocycles. The van der Waals surface area contributed by atoms with Gasteiger partial charge in [-0.1, -0.05) is 148 Å². The standard InChI is InChI=1S/C55H44N4O.Pt/c1-37-17-14-28-50-53(37)58(54-45(39-18-8-6-9-19-39)25-16-26-46(54)40-20-10-7-11-21-40)36-57(50)42-22-15-23-43(34-42)60-44-29-30-48-47-24-12-13-27-49(47)59(51(48)35-44)52-33-41(31-32-56-52)38(2)55(3,4)5;/h6-33,38H,1-5H3;/q-2;. The van der Waals surface area contributed by atoms with E-state index in [9.17, 15) is 0 Å². The second-order valence-corrected chi connectivity index (χ2v) is 16.6. The fourth-order valence-electron chi connectivity index (χ4n) is 8.39. The third-order valence-corrected chi connectivity index (χ3v) is 11.9. The van der Waals surface area contributed by atoms with Crippen molar-refractivity contribution in [3.05, 3.63) is 200 Å². The zero-order chi connectivity index (χ0) is 41.0. The maximum atomic E-state index is 6.64. The van der Waals surface area contributed by atoms with Crippen molar-refractivity contribution in [2.45, 2.75) is 40.5 Å². The number of aromatic nitrogens is 4. The topological polar surface area (TPSA) is 35.9 Å². The zero-order valence-corrected chi connectivity index (χ0v) is 37.0. The maximum absolute atomic E-state index is 6.64. The van der Waals surface area contributed by atoms with Crippen LogP contribution in [0.2, 0.25) is 0 Å². The molecule has 1 atom stereocenters. The first-order chi connectivity index (χ1) is 29.2. The van der Waals surface area contributed by atoms with Gasteiger partial charge < -0.3 is 13.9 Å². The molecule has 0 N–H and O–H groups in total. The van der Waals surface area contributed by atoms with Gasteiger partial charge in [-0.15, -0.1) is 29.7 Å². The Morgan fingerprint density at radius 1 is 0.639 bits per heavy atom. The quantitative estimate of drug-likeness (QED) is 0.112. The predicted molar refractivity (Wildman–Crippen MR) is 243 cm³/mol. The molecule has 61 heavy (non-hydrogen) atoms. The smallest absolute Gasteiger partial charge is 0.268 e. The van der Waals surface area contributed by atoms with Gasteiger partial charge in [-0.05, 0) is 80.9 Å². The normalized spacial score (nSPS) is 12.1. The van der Waals surface area contributed by atoms with Crippen molar-refractivity contribution in [3.63, 3.8) is 0 Å². The Morgan fingerprint density at radius 2 is 1.28 bits per heavy atom. The summed E-state index contributed by atoms with van der Waals surface area (Å²) in [6.07, 6.45) is 5.71. The number of fused-ring (bicyclic) bond motifs is 4. The molecule has 10 aromatic rings. The molecule has 0 fully saturated rings. The summed E-state index contributed by atoms with van der Waals surface area (Å²) in [6.45, 7) is 11.3. The predicted octanol–water partition coefficient (Wildman–Crippen LogP) is 13.4. The monoisotopic (exact) mass is 971 g/mol. The second-order valence-electron chi connectivity index (χ2n) is 16.6. The van der Waals surface area contributed by atoms with Crippen LogP contribution in [0.4, 0.5) is 0 Å². The molecule has 0 aliphatic heterocycles. The average Bonchev–Trinajstić information content (AvgIpc) is 3.83. The largest absolute Gasteiger partial charge is 0.510 e. The first kappa shape index (κ1) is 39.9. The first-order valence-corrected chi connectivity index (χ1v) is 20.5. The molecule has 7 aromatic carbocycles.